The van der Waals surface area contributed by atoms with E-state index in [0.717, 1.165) is 40.1 Å². The van der Waals surface area contributed by atoms with Crippen molar-refractivity contribution in [2.45, 2.75) is 18.8 Å². The number of hydrogen-bond acceptors (Lipinski definition) is 4. The van der Waals surface area contributed by atoms with Crippen LogP contribution in [0.4, 0.5) is 0 Å². The molecule has 4 rings (SSSR count). The molecule has 0 bridgehead atoms. The number of nitrogens with zero attached hydrogens (tertiary/aromatic N) is 2. The zero-order valence-corrected chi connectivity index (χ0v) is 16.0. The zero-order valence-electron chi connectivity index (χ0n) is 14.4. The van der Waals surface area contributed by atoms with Crippen molar-refractivity contribution in [3.63, 3.8) is 0 Å². The molecule has 1 aliphatic rings. The number of piperidine rings is 1. The number of benzene rings is 2. The number of aromatic nitrogens is 1. The Morgan fingerprint density at radius 3 is 2.69 bits per heavy atom. The van der Waals surface area contributed by atoms with Gasteiger partial charge in [0.1, 0.15) is 11.3 Å². The molecular weight excluding hydrogens is 396 g/mol. The maximum absolute atomic E-state index is 12.8. The highest BCUT2D eigenvalue weighted by Crippen LogP contribution is 2.31. The van der Waals surface area contributed by atoms with Gasteiger partial charge in [0, 0.05) is 24.6 Å². The maximum Gasteiger partial charge on any atom is 0.253 e. The van der Waals surface area contributed by atoms with E-state index in [4.69, 9.17) is 9.15 Å². The molecule has 1 saturated heterocycles. The van der Waals surface area contributed by atoms with Gasteiger partial charge in [-0.2, -0.15) is 0 Å². The highest BCUT2D eigenvalue weighted by molar-refractivity contribution is 9.10. The normalized spacial score (nSPS) is 15.4. The summed E-state index contributed by atoms with van der Waals surface area (Å²) in [5.74, 6) is 1.81. The lowest BCUT2D eigenvalue weighted by atomic mass is 9.96. The van der Waals surface area contributed by atoms with Crippen molar-refractivity contribution in [3.05, 3.63) is 58.4 Å². The number of fused-ring (bicyclic) bond motifs is 1. The van der Waals surface area contributed by atoms with Gasteiger partial charge in [-0.05, 0) is 59.1 Å². The minimum absolute atomic E-state index is 0.0457. The molecule has 0 spiro atoms. The van der Waals surface area contributed by atoms with E-state index in [-0.39, 0.29) is 11.8 Å². The van der Waals surface area contributed by atoms with Crippen LogP contribution in [0.1, 0.15) is 35.0 Å². The first kappa shape index (κ1) is 17.1. The molecule has 0 N–H and O–H groups in total. The van der Waals surface area contributed by atoms with Gasteiger partial charge >= 0.3 is 0 Å². The van der Waals surface area contributed by atoms with E-state index in [2.05, 4.69) is 20.9 Å². The Labute approximate surface area is 160 Å². The van der Waals surface area contributed by atoms with Crippen LogP contribution in [0.5, 0.6) is 5.75 Å². The maximum atomic E-state index is 12.8. The monoisotopic (exact) mass is 414 g/mol. The van der Waals surface area contributed by atoms with E-state index < -0.39 is 0 Å². The molecule has 0 atom stereocenters. The molecule has 1 aromatic heterocycles. The van der Waals surface area contributed by atoms with Gasteiger partial charge in [-0.15, -0.1) is 0 Å². The summed E-state index contributed by atoms with van der Waals surface area (Å²) in [5.41, 5.74) is 2.38. The van der Waals surface area contributed by atoms with Crippen molar-refractivity contribution in [1.29, 1.82) is 0 Å². The van der Waals surface area contributed by atoms with E-state index in [1.165, 1.54) is 0 Å². The van der Waals surface area contributed by atoms with Crippen LogP contribution < -0.4 is 4.74 Å². The van der Waals surface area contributed by atoms with Gasteiger partial charge in [0.2, 0.25) is 0 Å². The van der Waals surface area contributed by atoms with E-state index in [1.807, 2.05) is 41.3 Å². The molecule has 5 nitrogen and oxygen atoms in total. The molecule has 0 radical (unpaired) electrons. The third-order valence-electron chi connectivity index (χ3n) is 4.84. The van der Waals surface area contributed by atoms with Crippen LogP contribution in [0.3, 0.4) is 0 Å². The van der Waals surface area contributed by atoms with Crippen LogP contribution in [-0.2, 0) is 0 Å². The lowest BCUT2D eigenvalue weighted by Crippen LogP contribution is -2.38. The number of rotatable bonds is 3. The average Bonchev–Trinajstić information content (AvgIpc) is 3.11. The van der Waals surface area contributed by atoms with Crippen LogP contribution in [0, 0.1) is 0 Å². The summed E-state index contributed by atoms with van der Waals surface area (Å²) in [7, 11) is 1.61. The van der Waals surface area contributed by atoms with Crippen molar-refractivity contribution in [1.82, 2.24) is 9.88 Å². The second kappa shape index (κ2) is 7.11. The minimum atomic E-state index is 0.0457. The predicted molar refractivity (Wildman–Crippen MR) is 103 cm³/mol. The summed E-state index contributed by atoms with van der Waals surface area (Å²) < 4.78 is 11.9. The van der Waals surface area contributed by atoms with Crippen molar-refractivity contribution < 1.29 is 13.9 Å². The van der Waals surface area contributed by atoms with Crippen LogP contribution in [0.25, 0.3) is 11.1 Å². The largest absolute Gasteiger partial charge is 0.496 e. The van der Waals surface area contributed by atoms with Gasteiger partial charge in [-0.1, -0.05) is 12.1 Å². The minimum Gasteiger partial charge on any atom is -0.496 e. The molecule has 0 aliphatic carbocycles. The lowest BCUT2D eigenvalue weighted by molar-refractivity contribution is 0.0706. The summed E-state index contributed by atoms with van der Waals surface area (Å²) in [6, 6.07) is 13.2. The quantitative estimate of drug-likeness (QED) is 0.627. The summed E-state index contributed by atoms with van der Waals surface area (Å²) in [5, 5.41) is 0. The molecule has 2 aromatic carbocycles. The van der Waals surface area contributed by atoms with Crippen molar-refractivity contribution in [3.8, 4) is 5.75 Å². The Morgan fingerprint density at radius 2 is 2.00 bits per heavy atom. The summed E-state index contributed by atoms with van der Waals surface area (Å²) >= 11 is 3.44. The fourth-order valence-electron chi connectivity index (χ4n) is 3.38. The highest BCUT2D eigenvalue weighted by atomic mass is 79.9. The van der Waals surface area contributed by atoms with Gasteiger partial charge in [0.25, 0.3) is 5.91 Å². The van der Waals surface area contributed by atoms with Crippen molar-refractivity contribution in [2.24, 2.45) is 0 Å². The molecule has 0 unspecified atom stereocenters. The Morgan fingerprint density at radius 1 is 1.23 bits per heavy atom. The van der Waals surface area contributed by atoms with Crippen LogP contribution in [0.15, 0.2) is 51.4 Å². The molecule has 1 fully saturated rings. The molecule has 6 heteroatoms. The first-order valence-corrected chi connectivity index (χ1v) is 9.43. The fraction of sp³-hybridized carbons (Fsp3) is 0.300. The number of methoxy groups -OCH3 is 1. The SMILES string of the molecule is COc1ccc(C(=O)N2CCC(c3nc4ccccc4o3)CC2)cc1Br. The third kappa shape index (κ3) is 3.21. The molecule has 134 valence electrons. The second-order valence-electron chi connectivity index (χ2n) is 6.44. The van der Waals surface area contributed by atoms with Crippen LogP contribution in [0.2, 0.25) is 0 Å². The Kier molecular flexibility index (Phi) is 4.68. The topological polar surface area (TPSA) is 55.6 Å². The Bertz CT molecular complexity index is 912. The van der Waals surface area contributed by atoms with Crippen molar-refractivity contribution in [2.75, 3.05) is 20.2 Å². The predicted octanol–water partition coefficient (Wildman–Crippen LogP) is 4.62. The molecule has 1 aliphatic heterocycles. The smallest absolute Gasteiger partial charge is 0.253 e. The number of carbonyl (C=O) groups excluding carboxylic acids is 1. The number of oxazole rings is 1. The molecule has 26 heavy (non-hydrogen) atoms. The lowest BCUT2D eigenvalue weighted by Gasteiger charge is -2.30. The van der Waals surface area contributed by atoms with Crippen LogP contribution >= 0.6 is 15.9 Å². The molecule has 2 heterocycles. The van der Waals surface area contributed by atoms with Gasteiger partial charge < -0.3 is 14.1 Å². The molecule has 3 aromatic rings. The molecule has 1 amide bonds. The van der Waals surface area contributed by atoms with E-state index >= 15 is 0 Å². The standard InChI is InChI=1S/C20H19BrN2O3/c1-25-17-7-6-14(12-15(17)21)20(24)23-10-8-13(9-11-23)19-22-16-4-2-3-5-18(16)26-19/h2-7,12-13H,8-11H2,1H3. The number of likely N-dealkylation sites (tertiary alicyclic amines) is 1. The molecular formula is C20H19BrN2O3. The number of amides is 1. The number of hydrogen-bond donors (Lipinski definition) is 0. The highest BCUT2D eigenvalue weighted by Gasteiger charge is 2.27. The Hall–Kier alpha value is -2.34. The molecule has 0 saturated carbocycles. The first-order valence-electron chi connectivity index (χ1n) is 8.64. The van der Waals surface area contributed by atoms with E-state index in [9.17, 15) is 4.79 Å². The number of para-hydroxylation sites is 2. The van der Waals surface area contributed by atoms with Gasteiger partial charge in [0.05, 0.1) is 11.6 Å². The third-order valence-corrected chi connectivity index (χ3v) is 5.46. The summed E-state index contributed by atoms with van der Waals surface area (Å²) in [6.45, 7) is 1.40. The number of carbonyl (C=O) groups is 1. The fourth-order valence-corrected chi connectivity index (χ4v) is 3.92. The summed E-state index contributed by atoms with van der Waals surface area (Å²) in [6.07, 6.45) is 1.71. The van der Waals surface area contributed by atoms with E-state index in [1.54, 1.807) is 13.2 Å². The van der Waals surface area contributed by atoms with Gasteiger partial charge in [-0.3, -0.25) is 4.79 Å². The average molecular weight is 415 g/mol. The summed E-state index contributed by atoms with van der Waals surface area (Å²) in [4.78, 5) is 19.3. The number of ether oxygens (including phenoxy) is 1. The first-order chi connectivity index (χ1) is 12.7. The van der Waals surface area contributed by atoms with Gasteiger partial charge in [-0.25, -0.2) is 4.98 Å². The van der Waals surface area contributed by atoms with Crippen LogP contribution in [-0.4, -0.2) is 36.0 Å². The second-order valence-corrected chi connectivity index (χ2v) is 7.29. The zero-order chi connectivity index (χ0) is 18.1. The Balaban J connectivity index is 1.44. The van der Waals surface area contributed by atoms with Crippen molar-refractivity contribution >= 4 is 32.9 Å². The number of halogens is 1. The van der Waals surface area contributed by atoms with Gasteiger partial charge in [0.15, 0.2) is 11.5 Å². The van der Waals surface area contributed by atoms with E-state index in [0.29, 0.717) is 18.7 Å².